The zero-order valence-corrected chi connectivity index (χ0v) is 10.7. The Morgan fingerprint density at radius 3 is 2.61 bits per heavy atom. The summed E-state index contributed by atoms with van der Waals surface area (Å²) in [4.78, 5) is 11.3. The third-order valence-electron chi connectivity index (χ3n) is 3.38. The van der Waals surface area contributed by atoms with Gasteiger partial charge in [0.15, 0.2) is 5.60 Å². The first-order chi connectivity index (χ1) is 8.64. The highest BCUT2D eigenvalue weighted by molar-refractivity contribution is 5.82. The van der Waals surface area contributed by atoms with Gasteiger partial charge >= 0.3 is 5.97 Å². The zero-order valence-electron chi connectivity index (χ0n) is 10.7. The predicted molar refractivity (Wildman–Crippen MR) is 66.7 cm³/mol. The molecule has 1 aromatic carbocycles. The highest BCUT2D eigenvalue weighted by Gasteiger charge is 2.62. The first-order valence-electron chi connectivity index (χ1n) is 6.19. The average Bonchev–Trinajstić information content (AvgIpc) is 3.12. The van der Waals surface area contributed by atoms with Gasteiger partial charge in [-0.25, -0.2) is 4.79 Å². The van der Waals surface area contributed by atoms with Crippen molar-refractivity contribution < 1.29 is 19.4 Å². The summed E-state index contributed by atoms with van der Waals surface area (Å²) in [5.74, 6) is -0.106. The van der Waals surface area contributed by atoms with E-state index in [-0.39, 0.29) is 6.10 Å². The summed E-state index contributed by atoms with van der Waals surface area (Å²) >= 11 is 0. The van der Waals surface area contributed by atoms with Crippen molar-refractivity contribution in [3.05, 3.63) is 29.8 Å². The second-order valence-electron chi connectivity index (χ2n) is 4.57. The molecule has 0 aromatic heterocycles. The van der Waals surface area contributed by atoms with Crippen LogP contribution in [0.5, 0.6) is 5.75 Å². The Balaban J connectivity index is 2.12. The molecule has 0 radical (unpaired) electrons. The van der Waals surface area contributed by atoms with Crippen LogP contribution in [0.2, 0.25) is 0 Å². The quantitative estimate of drug-likeness (QED) is 0.789. The normalized spacial score (nSPS) is 25.8. The third-order valence-corrected chi connectivity index (χ3v) is 3.38. The minimum Gasteiger partial charge on any atom is -0.497 e. The minimum absolute atomic E-state index is 0.326. The Morgan fingerprint density at radius 2 is 2.11 bits per heavy atom. The van der Waals surface area contributed by atoms with E-state index in [0.717, 1.165) is 24.2 Å². The first kappa shape index (κ1) is 12.9. The van der Waals surface area contributed by atoms with Gasteiger partial charge in [0.1, 0.15) is 11.9 Å². The number of methoxy groups -OCH3 is 1. The van der Waals surface area contributed by atoms with Crippen molar-refractivity contribution in [1.82, 2.24) is 0 Å². The largest absolute Gasteiger partial charge is 0.497 e. The van der Waals surface area contributed by atoms with E-state index in [9.17, 15) is 9.90 Å². The SMILES string of the molecule is CCCCC1(C(=O)O)OC1c1ccc(OC)cc1. The Morgan fingerprint density at radius 1 is 1.44 bits per heavy atom. The lowest BCUT2D eigenvalue weighted by Crippen LogP contribution is -2.24. The molecule has 2 atom stereocenters. The number of hydrogen-bond acceptors (Lipinski definition) is 3. The molecule has 2 rings (SSSR count). The molecule has 1 fully saturated rings. The summed E-state index contributed by atoms with van der Waals surface area (Å²) in [6, 6.07) is 7.37. The molecule has 1 aliphatic rings. The van der Waals surface area contributed by atoms with Gasteiger partial charge in [-0.1, -0.05) is 31.9 Å². The van der Waals surface area contributed by atoms with E-state index in [0.29, 0.717) is 6.42 Å². The van der Waals surface area contributed by atoms with Crippen LogP contribution in [0.3, 0.4) is 0 Å². The molecule has 1 aromatic rings. The molecule has 98 valence electrons. The second kappa shape index (κ2) is 4.98. The maximum absolute atomic E-state index is 11.3. The number of epoxide rings is 1. The van der Waals surface area contributed by atoms with E-state index in [1.54, 1.807) is 7.11 Å². The highest BCUT2D eigenvalue weighted by Crippen LogP contribution is 2.53. The van der Waals surface area contributed by atoms with Crippen molar-refractivity contribution in [2.45, 2.75) is 37.9 Å². The van der Waals surface area contributed by atoms with E-state index in [2.05, 4.69) is 0 Å². The van der Waals surface area contributed by atoms with Gasteiger partial charge < -0.3 is 14.6 Å². The lowest BCUT2D eigenvalue weighted by atomic mass is 9.94. The van der Waals surface area contributed by atoms with E-state index >= 15 is 0 Å². The smallest absolute Gasteiger partial charge is 0.339 e. The van der Waals surface area contributed by atoms with Crippen LogP contribution in [0.15, 0.2) is 24.3 Å². The molecule has 18 heavy (non-hydrogen) atoms. The first-order valence-corrected chi connectivity index (χ1v) is 6.19. The van der Waals surface area contributed by atoms with Crippen LogP contribution in [0.4, 0.5) is 0 Å². The van der Waals surface area contributed by atoms with Crippen molar-refractivity contribution in [3.63, 3.8) is 0 Å². The Bertz CT molecular complexity index is 426. The fraction of sp³-hybridized carbons (Fsp3) is 0.500. The molecule has 0 spiro atoms. The number of hydrogen-bond donors (Lipinski definition) is 1. The minimum atomic E-state index is -1.01. The molecular weight excluding hydrogens is 232 g/mol. The molecule has 0 bridgehead atoms. The van der Waals surface area contributed by atoms with Crippen LogP contribution in [0.25, 0.3) is 0 Å². The van der Waals surface area contributed by atoms with E-state index in [4.69, 9.17) is 9.47 Å². The summed E-state index contributed by atoms with van der Waals surface area (Å²) in [5.41, 5.74) is -0.112. The van der Waals surface area contributed by atoms with Crippen molar-refractivity contribution in [2.24, 2.45) is 0 Å². The second-order valence-corrected chi connectivity index (χ2v) is 4.57. The van der Waals surface area contributed by atoms with Crippen LogP contribution in [0.1, 0.15) is 37.9 Å². The van der Waals surface area contributed by atoms with Crippen molar-refractivity contribution >= 4 is 5.97 Å². The number of carboxylic acids is 1. The van der Waals surface area contributed by atoms with Gasteiger partial charge in [0.2, 0.25) is 0 Å². The number of carboxylic acid groups (broad SMARTS) is 1. The summed E-state index contributed by atoms with van der Waals surface area (Å²) < 4.78 is 10.6. The van der Waals surface area contributed by atoms with Crippen molar-refractivity contribution in [1.29, 1.82) is 0 Å². The molecule has 0 amide bonds. The van der Waals surface area contributed by atoms with Crippen LogP contribution < -0.4 is 4.74 Å². The van der Waals surface area contributed by atoms with Crippen LogP contribution in [0, 0.1) is 0 Å². The van der Waals surface area contributed by atoms with Gasteiger partial charge in [0.25, 0.3) is 0 Å². The van der Waals surface area contributed by atoms with Crippen LogP contribution in [-0.4, -0.2) is 23.8 Å². The van der Waals surface area contributed by atoms with Crippen LogP contribution >= 0.6 is 0 Å². The highest BCUT2D eigenvalue weighted by atomic mass is 16.6. The third kappa shape index (κ3) is 2.20. The molecule has 1 aliphatic heterocycles. The lowest BCUT2D eigenvalue weighted by molar-refractivity contribution is -0.143. The molecule has 2 unspecified atom stereocenters. The summed E-state index contributed by atoms with van der Waals surface area (Å²) in [6.07, 6.45) is 2.06. The van der Waals surface area contributed by atoms with E-state index in [1.807, 2.05) is 31.2 Å². The fourth-order valence-electron chi connectivity index (χ4n) is 2.19. The molecule has 1 N–H and O–H groups in total. The number of rotatable bonds is 6. The topological polar surface area (TPSA) is 59.1 Å². The van der Waals surface area contributed by atoms with Gasteiger partial charge in [-0.2, -0.15) is 0 Å². The van der Waals surface area contributed by atoms with Gasteiger partial charge in [-0.3, -0.25) is 0 Å². The van der Waals surface area contributed by atoms with Gasteiger partial charge in [-0.15, -0.1) is 0 Å². The van der Waals surface area contributed by atoms with E-state index in [1.165, 1.54) is 0 Å². The van der Waals surface area contributed by atoms with E-state index < -0.39 is 11.6 Å². The van der Waals surface area contributed by atoms with Crippen LogP contribution in [-0.2, 0) is 9.53 Å². The number of aliphatic carboxylic acids is 1. The molecule has 4 nitrogen and oxygen atoms in total. The molecule has 1 saturated heterocycles. The fourth-order valence-corrected chi connectivity index (χ4v) is 2.19. The van der Waals surface area contributed by atoms with Gasteiger partial charge in [0.05, 0.1) is 7.11 Å². The number of unbranched alkanes of at least 4 members (excludes halogenated alkanes) is 1. The maximum atomic E-state index is 11.3. The predicted octanol–water partition coefficient (Wildman–Crippen LogP) is 2.78. The van der Waals surface area contributed by atoms with Crippen molar-refractivity contribution in [3.8, 4) is 5.75 Å². The molecule has 0 aliphatic carbocycles. The number of carbonyl (C=O) groups is 1. The summed E-state index contributed by atoms with van der Waals surface area (Å²) in [6.45, 7) is 2.04. The summed E-state index contributed by atoms with van der Waals surface area (Å²) in [7, 11) is 1.60. The van der Waals surface area contributed by atoms with Gasteiger partial charge in [-0.05, 0) is 24.1 Å². The monoisotopic (exact) mass is 250 g/mol. The Labute approximate surface area is 107 Å². The van der Waals surface area contributed by atoms with Crippen molar-refractivity contribution in [2.75, 3.05) is 7.11 Å². The number of ether oxygens (including phenoxy) is 2. The summed E-state index contributed by atoms with van der Waals surface area (Å²) in [5, 5.41) is 9.31. The molecule has 4 heteroatoms. The Hall–Kier alpha value is -1.55. The maximum Gasteiger partial charge on any atom is 0.339 e. The number of benzene rings is 1. The lowest BCUT2D eigenvalue weighted by Gasteiger charge is -2.07. The van der Waals surface area contributed by atoms with Gasteiger partial charge in [0, 0.05) is 0 Å². The molecule has 1 heterocycles. The zero-order chi connectivity index (χ0) is 13.2. The Kier molecular flexibility index (Phi) is 3.57. The standard InChI is InChI=1S/C14H18O4/c1-3-4-9-14(13(15)16)12(18-14)10-5-7-11(17-2)8-6-10/h5-8,12H,3-4,9H2,1-2H3,(H,15,16). The molecular formula is C14H18O4. The average molecular weight is 250 g/mol. The molecule has 0 saturated carbocycles.